The zero-order chi connectivity index (χ0) is 18.7. The topological polar surface area (TPSA) is 67.9 Å². The molecule has 2 aromatic rings. The van der Waals surface area contributed by atoms with Crippen LogP contribution < -0.4 is 14.8 Å². The molecule has 132 valence electrons. The lowest BCUT2D eigenvalue weighted by molar-refractivity contribution is -0.120. The molecule has 0 radical (unpaired) electrons. The summed E-state index contributed by atoms with van der Waals surface area (Å²) in [4.78, 5) is 26.2. The zero-order valence-electron chi connectivity index (χ0n) is 14.2. The highest BCUT2D eigenvalue weighted by Crippen LogP contribution is 2.27. The second kappa shape index (κ2) is 7.37. The van der Waals surface area contributed by atoms with Gasteiger partial charge in [-0.25, -0.2) is 4.90 Å². The van der Waals surface area contributed by atoms with E-state index in [1.807, 2.05) is 0 Å². The van der Waals surface area contributed by atoms with Crippen molar-refractivity contribution in [1.82, 2.24) is 10.2 Å². The molecule has 1 fully saturated rings. The predicted molar refractivity (Wildman–Crippen MR) is 101 cm³/mol. The maximum atomic E-state index is 12.7. The van der Waals surface area contributed by atoms with Gasteiger partial charge in [0.15, 0.2) is 5.11 Å². The van der Waals surface area contributed by atoms with E-state index in [4.69, 9.17) is 21.7 Å². The number of thiocarbonyl (C=S) groups is 1. The summed E-state index contributed by atoms with van der Waals surface area (Å²) >= 11 is 5.17. The van der Waals surface area contributed by atoms with Gasteiger partial charge in [0.2, 0.25) is 0 Å². The largest absolute Gasteiger partial charge is 0.497 e. The van der Waals surface area contributed by atoms with Gasteiger partial charge in [0.25, 0.3) is 11.8 Å². The first-order chi connectivity index (χ1) is 12.5. The monoisotopic (exact) mass is 368 g/mol. The average molecular weight is 368 g/mol. The van der Waals surface area contributed by atoms with E-state index in [2.05, 4.69) is 5.32 Å². The van der Waals surface area contributed by atoms with E-state index in [1.165, 1.54) is 7.11 Å². The lowest BCUT2D eigenvalue weighted by atomic mass is 10.1. The van der Waals surface area contributed by atoms with Crippen molar-refractivity contribution in [2.75, 3.05) is 14.2 Å². The Hall–Kier alpha value is -3.19. The maximum absolute atomic E-state index is 12.7. The number of carbonyl (C=O) groups excluding carboxylic acids is 2. The van der Waals surface area contributed by atoms with Crippen molar-refractivity contribution in [1.29, 1.82) is 0 Å². The van der Waals surface area contributed by atoms with Gasteiger partial charge < -0.3 is 14.8 Å². The molecule has 0 aromatic heterocycles. The number of amides is 2. The molecule has 0 aliphatic carbocycles. The molecule has 1 saturated heterocycles. The first-order valence-corrected chi connectivity index (χ1v) is 8.14. The van der Waals surface area contributed by atoms with Crippen LogP contribution in [0.2, 0.25) is 0 Å². The fourth-order valence-corrected chi connectivity index (χ4v) is 2.80. The van der Waals surface area contributed by atoms with Gasteiger partial charge >= 0.3 is 0 Å². The van der Waals surface area contributed by atoms with Crippen LogP contribution in [0.1, 0.15) is 15.9 Å². The number of nitrogens with one attached hydrogen (secondary N) is 1. The van der Waals surface area contributed by atoms with Crippen LogP contribution in [0.15, 0.2) is 54.2 Å². The summed E-state index contributed by atoms with van der Waals surface area (Å²) in [6.45, 7) is 0. The van der Waals surface area contributed by atoms with Crippen LogP contribution in [0.4, 0.5) is 0 Å². The van der Waals surface area contributed by atoms with Crippen molar-refractivity contribution in [3.05, 3.63) is 65.4 Å². The highest BCUT2D eigenvalue weighted by molar-refractivity contribution is 7.80. The van der Waals surface area contributed by atoms with Crippen LogP contribution in [0.3, 0.4) is 0 Å². The maximum Gasteiger partial charge on any atom is 0.283 e. The molecular weight excluding hydrogens is 352 g/mol. The van der Waals surface area contributed by atoms with E-state index in [-0.39, 0.29) is 10.8 Å². The first kappa shape index (κ1) is 17.6. The molecule has 1 aliphatic rings. The molecule has 0 unspecified atom stereocenters. The van der Waals surface area contributed by atoms with Gasteiger partial charge in [-0.15, -0.1) is 0 Å². The summed E-state index contributed by atoms with van der Waals surface area (Å²) in [7, 11) is 3.08. The van der Waals surface area contributed by atoms with E-state index in [0.717, 1.165) is 4.90 Å². The lowest BCUT2D eigenvalue weighted by Gasteiger charge is -2.11. The van der Waals surface area contributed by atoms with Crippen LogP contribution >= 0.6 is 12.2 Å². The number of imide groups is 1. The standard InChI is InChI=1S/C19H16N2O4S/c1-24-14-9-8-13(16(11-14)25-2)10-15-18(23)21(19(26)20-15)17(22)12-6-4-3-5-7-12/h3-11H,1-2H3,(H,20,26)/b15-10+. The Morgan fingerprint density at radius 3 is 2.50 bits per heavy atom. The number of ether oxygens (including phenoxy) is 2. The summed E-state index contributed by atoms with van der Waals surface area (Å²) in [6.07, 6.45) is 1.59. The Morgan fingerprint density at radius 2 is 1.85 bits per heavy atom. The third-order valence-electron chi connectivity index (χ3n) is 3.84. The number of nitrogens with zero attached hydrogens (tertiary/aromatic N) is 1. The summed E-state index contributed by atoms with van der Waals surface area (Å²) in [5.74, 6) is 0.177. The molecule has 26 heavy (non-hydrogen) atoms. The third kappa shape index (κ3) is 3.29. The van der Waals surface area contributed by atoms with Gasteiger partial charge in [0, 0.05) is 17.2 Å². The molecule has 3 rings (SSSR count). The molecule has 1 aliphatic heterocycles. The number of methoxy groups -OCH3 is 2. The SMILES string of the molecule is COc1ccc(/C=C2/NC(=S)N(C(=O)c3ccccc3)C2=O)c(OC)c1. The molecule has 0 spiro atoms. The Labute approximate surface area is 156 Å². The summed E-state index contributed by atoms with van der Waals surface area (Å²) in [5.41, 5.74) is 1.23. The van der Waals surface area contributed by atoms with E-state index in [0.29, 0.717) is 22.6 Å². The van der Waals surface area contributed by atoms with Crippen LogP contribution in [0.5, 0.6) is 11.5 Å². The first-order valence-electron chi connectivity index (χ1n) is 7.73. The van der Waals surface area contributed by atoms with Crippen LogP contribution in [0.25, 0.3) is 6.08 Å². The molecule has 0 saturated carbocycles. The molecule has 0 bridgehead atoms. The minimum absolute atomic E-state index is 0.0441. The molecule has 7 heteroatoms. The minimum Gasteiger partial charge on any atom is -0.497 e. The zero-order valence-corrected chi connectivity index (χ0v) is 15.0. The quantitative estimate of drug-likeness (QED) is 0.508. The van der Waals surface area contributed by atoms with Crippen molar-refractivity contribution in [2.24, 2.45) is 0 Å². The smallest absolute Gasteiger partial charge is 0.283 e. The molecule has 0 atom stereocenters. The van der Waals surface area contributed by atoms with Crippen molar-refractivity contribution in [2.45, 2.75) is 0 Å². The Morgan fingerprint density at radius 1 is 1.12 bits per heavy atom. The molecule has 2 amide bonds. The highest BCUT2D eigenvalue weighted by atomic mass is 32.1. The van der Waals surface area contributed by atoms with Gasteiger partial charge in [0.05, 0.1) is 14.2 Å². The molecule has 2 aromatic carbocycles. The lowest BCUT2D eigenvalue weighted by Crippen LogP contribution is -2.36. The fourth-order valence-electron chi connectivity index (χ4n) is 2.52. The van der Waals surface area contributed by atoms with Crippen molar-refractivity contribution >= 4 is 35.2 Å². The van der Waals surface area contributed by atoms with Crippen molar-refractivity contribution < 1.29 is 19.1 Å². The normalized spacial score (nSPS) is 15.2. The van der Waals surface area contributed by atoms with Crippen molar-refractivity contribution in [3.8, 4) is 11.5 Å². The molecular formula is C19H16N2O4S. The van der Waals surface area contributed by atoms with Crippen LogP contribution in [0, 0.1) is 0 Å². The second-order valence-electron chi connectivity index (χ2n) is 5.41. The number of hydrogen-bond acceptors (Lipinski definition) is 5. The van der Waals surface area contributed by atoms with Gasteiger partial charge in [-0.05, 0) is 42.6 Å². The number of hydrogen-bond donors (Lipinski definition) is 1. The van der Waals surface area contributed by atoms with Crippen LogP contribution in [-0.2, 0) is 4.79 Å². The average Bonchev–Trinajstić information content (AvgIpc) is 2.95. The molecule has 1 N–H and O–H groups in total. The summed E-state index contributed by atoms with van der Waals surface area (Å²) < 4.78 is 10.5. The van der Waals surface area contributed by atoms with E-state index < -0.39 is 11.8 Å². The van der Waals surface area contributed by atoms with Gasteiger partial charge in [0.1, 0.15) is 17.2 Å². The summed E-state index contributed by atoms with van der Waals surface area (Å²) in [5, 5.41) is 2.84. The fraction of sp³-hybridized carbons (Fsp3) is 0.105. The van der Waals surface area contributed by atoms with E-state index in [9.17, 15) is 9.59 Å². The number of carbonyl (C=O) groups is 2. The van der Waals surface area contributed by atoms with Gasteiger partial charge in [-0.1, -0.05) is 18.2 Å². The Kier molecular flexibility index (Phi) is 4.99. The molecule has 6 nitrogen and oxygen atoms in total. The van der Waals surface area contributed by atoms with E-state index in [1.54, 1.807) is 61.7 Å². The minimum atomic E-state index is -0.512. The van der Waals surface area contributed by atoms with Gasteiger partial charge in [-0.3, -0.25) is 9.59 Å². The highest BCUT2D eigenvalue weighted by Gasteiger charge is 2.36. The number of rotatable bonds is 4. The van der Waals surface area contributed by atoms with Gasteiger partial charge in [-0.2, -0.15) is 0 Å². The number of benzene rings is 2. The van der Waals surface area contributed by atoms with Crippen LogP contribution in [-0.4, -0.2) is 36.0 Å². The predicted octanol–water partition coefficient (Wildman–Crippen LogP) is 2.60. The third-order valence-corrected chi connectivity index (χ3v) is 4.13. The van der Waals surface area contributed by atoms with Crippen molar-refractivity contribution in [3.63, 3.8) is 0 Å². The Balaban J connectivity index is 1.92. The Bertz CT molecular complexity index is 909. The second-order valence-corrected chi connectivity index (χ2v) is 5.79. The van der Waals surface area contributed by atoms with E-state index >= 15 is 0 Å². The molecule has 1 heterocycles. The summed E-state index contributed by atoms with van der Waals surface area (Å²) in [6, 6.07) is 13.7.